The monoisotopic (exact) mass is 1200 g/mol. The Morgan fingerprint density at radius 1 is 0.690 bits per heavy atom. The molecule has 0 unspecified atom stereocenters. The zero-order valence-electron chi connectivity index (χ0n) is 52.1. The number of carbonyl (C=O) groups excluding carboxylic acids is 4. The summed E-state index contributed by atoms with van der Waals surface area (Å²) in [5.74, 6) is 0.0386. The molecule has 87 heavy (non-hydrogen) atoms. The van der Waals surface area contributed by atoms with Crippen LogP contribution in [0.25, 0.3) is 10.9 Å². The topological polar surface area (TPSA) is 191 Å². The van der Waals surface area contributed by atoms with Gasteiger partial charge in [0.1, 0.15) is 17.1 Å². The molecule has 3 aliphatic heterocycles. The first kappa shape index (κ1) is 64.2. The summed E-state index contributed by atoms with van der Waals surface area (Å²) < 4.78 is 25.4. The number of piperidine rings is 3. The van der Waals surface area contributed by atoms with Crippen molar-refractivity contribution in [3.63, 3.8) is 0 Å². The number of nitrogens with zero attached hydrogens (tertiary/aromatic N) is 4. The molecule has 3 N–H and O–H groups in total. The molecule has 6 aromatic rings. The molecule has 3 fully saturated rings. The van der Waals surface area contributed by atoms with E-state index in [1.165, 1.54) is 11.6 Å². The number of aliphatic hydroxyl groups is 1. The molecule has 464 valence electrons. The van der Waals surface area contributed by atoms with Crippen LogP contribution in [0.15, 0.2) is 138 Å². The van der Waals surface area contributed by atoms with E-state index in [-0.39, 0.29) is 65.6 Å². The highest BCUT2D eigenvalue weighted by atomic mass is 28.4. The van der Waals surface area contributed by atoms with E-state index in [1.54, 1.807) is 65.6 Å². The number of nitrogens with one attached hydrogen (secondary N) is 1. The highest BCUT2D eigenvalue weighted by Crippen LogP contribution is 2.42. The van der Waals surface area contributed by atoms with E-state index >= 15 is 0 Å². The van der Waals surface area contributed by atoms with Gasteiger partial charge in [0.25, 0.3) is 5.91 Å². The van der Waals surface area contributed by atoms with Crippen molar-refractivity contribution in [2.24, 2.45) is 17.8 Å². The van der Waals surface area contributed by atoms with Gasteiger partial charge in [-0.1, -0.05) is 112 Å². The van der Waals surface area contributed by atoms with Gasteiger partial charge in [-0.25, -0.2) is 9.59 Å². The SMILES string of the molecule is CC(C)(C)OC(=O)N(CCc1ccc(C(=O)N2CCC(C(=O)N3CCC(COc4cccc([C@](O)(C(=O)OCC5CCN(Cc6ccccc6)CC5)c5ccccc5)c4)CC3)CC2)cc1)C[C@H](O[Si](C)(C)C(C)(C)C)c1ccc(O)c2[nH]c(=O)ccc12. The fourth-order valence-electron chi connectivity index (χ4n) is 11.8. The fraction of sp³-hybridized carbons (Fsp3) is 0.471. The van der Waals surface area contributed by atoms with Crippen LogP contribution in [0.5, 0.6) is 11.5 Å². The van der Waals surface area contributed by atoms with Crippen molar-refractivity contribution >= 4 is 43.1 Å². The van der Waals surface area contributed by atoms with Crippen molar-refractivity contribution in [2.75, 3.05) is 65.6 Å². The van der Waals surface area contributed by atoms with Crippen molar-refractivity contribution in [3.05, 3.63) is 177 Å². The Morgan fingerprint density at radius 3 is 1.97 bits per heavy atom. The summed E-state index contributed by atoms with van der Waals surface area (Å²) in [7, 11) is -2.47. The molecule has 0 aliphatic carbocycles. The summed E-state index contributed by atoms with van der Waals surface area (Å²) in [4.78, 5) is 79.0. The minimum absolute atomic E-state index is 0.0631. The summed E-state index contributed by atoms with van der Waals surface area (Å²) >= 11 is 0. The second-order valence-corrected chi connectivity index (χ2v) is 31.3. The number of esters is 1. The van der Waals surface area contributed by atoms with Crippen molar-refractivity contribution in [2.45, 2.75) is 128 Å². The number of phenolic OH excluding ortho intramolecular Hbond substituents is 1. The molecule has 17 heteroatoms. The lowest BCUT2D eigenvalue weighted by molar-refractivity contribution is -0.164. The molecule has 9 rings (SSSR count). The highest BCUT2D eigenvalue weighted by Gasteiger charge is 2.44. The van der Waals surface area contributed by atoms with E-state index in [0.29, 0.717) is 85.4 Å². The van der Waals surface area contributed by atoms with Crippen LogP contribution in [0.4, 0.5) is 4.79 Å². The second-order valence-electron chi connectivity index (χ2n) is 26.6. The maximum absolute atomic E-state index is 14.1. The maximum atomic E-state index is 14.1. The maximum Gasteiger partial charge on any atom is 0.410 e. The van der Waals surface area contributed by atoms with E-state index in [9.17, 15) is 34.2 Å². The Balaban J connectivity index is 0.747. The molecule has 0 bridgehead atoms. The van der Waals surface area contributed by atoms with Gasteiger partial charge in [-0.2, -0.15) is 0 Å². The number of aromatic amines is 1. The number of hydrogen-bond acceptors (Lipinski definition) is 12. The highest BCUT2D eigenvalue weighted by molar-refractivity contribution is 6.74. The van der Waals surface area contributed by atoms with Gasteiger partial charge >= 0.3 is 12.1 Å². The summed E-state index contributed by atoms with van der Waals surface area (Å²) in [6, 6.07) is 40.3. The first-order chi connectivity index (χ1) is 41.4. The molecule has 1 aromatic heterocycles. The van der Waals surface area contributed by atoms with Crippen molar-refractivity contribution in [3.8, 4) is 11.5 Å². The number of ether oxygens (including phenoxy) is 3. The van der Waals surface area contributed by atoms with E-state index in [4.69, 9.17) is 18.6 Å². The molecular formula is C70H89N5O11Si. The van der Waals surface area contributed by atoms with Crippen LogP contribution in [0.3, 0.4) is 0 Å². The number of rotatable bonds is 20. The van der Waals surface area contributed by atoms with E-state index in [0.717, 1.165) is 56.4 Å². The van der Waals surface area contributed by atoms with E-state index < -0.39 is 37.7 Å². The number of benzene rings is 5. The second kappa shape index (κ2) is 27.8. The third-order valence-electron chi connectivity index (χ3n) is 18.1. The van der Waals surface area contributed by atoms with Crippen LogP contribution in [0.2, 0.25) is 18.1 Å². The zero-order valence-corrected chi connectivity index (χ0v) is 53.1. The Bertz CT molecular complexity index is 3360. The molecule has 16 nitrogen and oxygen atoms in total. The number of phenols is 1. The van der Waals surface area contributed by atoms with Crippen LogP contribution >= 0.6 is 0 Å². The van der Waals surface area contributed by atoms with Gasteiger partial charge < -0.3 is 48.5 Å². The largest absolute Gasteiger partial charge is 0.506 e. The summed E-state index contributed by atoms with van der Waals surface area (Å²) in [6.45, 7) is 22.2. The fourth-order valence-corrected chi connectivity index (χ4v) is 13.0. The minimum atomic E-state index is -2.47. The number of hydrogen-bond donors (Lipinski definition) is 3. The standard InChI is InChI=1S/C70H89N5O11Si/c1-68(2,3)85-67(81)75(46-61(86-87(7,8)69(4,5)6)58-26-28-60(76)63-59(58)27-29-62(77)71-63)41-32-49-22-24-53(25-23-49)64(78)74-42-35-54(36-43-74)65(79)73-39-33-52(34-40-73)47-83-57-21-15-20-56(44-57)70(82,55-18-13-10-14-19-55)66(80)84-48-51-30-37-72(38-31-51)45-50-16-11-9-12-17-50/h9-29,44,51-52,54,61,76,82H,30-43,45-48H2,1-8H3,(H,71,77)/t61-,70-/m0/s1. The molecule has 2 atom stereocenters. The van der Waals surface area contributed by atoms with Crippen molar-refractivity contribution in [1.82, 2.24) is 24.6 Å². The summed E-state index contributed by atoms with van der Waals surface area (Å²) in [6.07, 6.45) is 3.85. The van der Waals surface area contributed by atoms with Gasteiger partial charge in [0.15, 0.2) is 8.32 Å². The third kappa shape index (κ3) is 16.3. The average molecular weight is 1200 g/mol. The van der Waals surface area contributed by atoms with Crippen molar-refractivity contribution in [1.29, 1.82) is 0 Å². The molecule has 0 saturated carbocycles. The number of carbonyl (C=O) groups is 4. The van der Waals surface area contributed by atoms with E-state index in [1.807, 2.05) is 73.0 Å². The average Bonchev–Trinajstić information content (AvgIpc) is 2.78. The first-order valence-corrected chi connectivity index (χ1v) is 34.0. The number of aromatic nitrogens is 1. The molecule has 0 radical (unpaired) electrons. The predicted molar refractivity (Wildman–Crippen MR) is 340 cm³/mol. The van der Waals surface area contributed by atoms with Crippen LogP contribution < -0.4 is 10.3 Å². The number of pyridine rings is 1. The van der Waals surface area contributed by atoms with Crippen LogP contribution in [-0.4, -0.2) is 138 Å². The zero-order chi connectivity index (χ0) is 62.1. The number of likely N-dealkylation sites (tertiary alicyclic amines) is 3. The Morgan fingerprint density at radius 2 is 1.31 bits per heavy atom. The lowest BCUT2D eigenvalue weighted by Crippen LogP contribution is -2.47. The van der Waals surface area contributed by atoms with Gasteiger partial charge in [-0.15, -0.1) is 0 Å². The Hall–Kier alpha value is -7.31. The normalized spacial score (nSPS) is 17.1. The number of amides is 3. The van der Waals surface area contributed by atoms with Gasteiger partial charge in [0.05, 0.1) is 31.4 Å². The Kier molecular flexibility index (Phi) is 20.5. The predicted octanol–water partition coefficient (Wildman–Crippen LogP) is 11.6. The quantitative estimate of drug-likeness (QED) is 0.0485. The van der Waals surface area contributed by atoms with Crippen LogP contribution in [-0.2, 0) is 42.1 Å². The summed E-state index contributed by atoms with van der Waals surface area (Å²) in [5.41, 5.74) is 1.42. The third-order valence-corrected chi connectivity index (χ3v) is 22.6. The van der Waals surface area contributed by atoms with E-state index in [2.05, 4.69) is 68.0 Å². The lowest BCUT2D eigenvalue weighted by Gasteiger charge is -2.41. The number of aromatic hydroxyl groups is 1. The van der Waals surface area contributed by atoms with Crippen LogP contribution in [0, 0.1) is 17.8 Å². The molecule has 3 saturated heterocycles. The molecule has 4 heterocycles. The van der Waals surface area contributed by atoms with Gasteiger partial charge in [0.2, 0.25) is 17.1 Å². The van der Waals surface area contributed by atoms with Crippen LogP contribution in [0.1, 0.15) is 124 Å². The Labute approximate surface area is 513 Å². The molecule has 5 aromatic carbocycles. The first-order valence-electron chi connectivity index (χ1n) is 31.1. The molecular weight excluding hydrogens is 1110 g/mol. The number of fused-ring (bicyclic) bond motifs is 1. The molecule has 3 amide bonds. The van der Waals surface area contributed by atoms with Gasteiger partial charge in [-0.05, 0) is 167 Å². The van der Waals surface area contributed by atoms with Crippen molar-refractivity contribution < 1.29 is 48.0 Å². The smallest absolute Gasteiger partial charge is 0.410 e. The van der Waals surface area contributed by atoms with Gasteiger partial charge in [-0.3, -0.25) is 19.3 Å². The molecule has 0 spiro atoms. The summed E-state index contributed by atoms with van der Waals surface area (Å²) in [5, 5.41) is 23.6. The van der Waals surface area contributed by atoms with Gasteiger partial charge in [0, 0.05) is 67.8 Å². The number of H-pyrrole nitrogens is 1. The lowest BCUT2D eigenvalue weighted by atomic mass is 9.86. The minimum Gasteiger partial charge on any atom is -0.506 e. The molecule has 3 aliphatic rings.